The lowest BCUT2D eigenvalue weighted by molar-refractivity contribution is 0.441. The minimum atomic E-state index is 0.453. The summed E-state index contributed by atoms with van der Waals surface area (Å²) in [4.78, 5) is 4.65. The second kappa shape index (κ2) is 5.54. The number of halogens is 1. The van der Waals surface area contributed by atoms with Gasteiger partial charge in [-0.3, -0.25) is 4.40 Å². The average Bonchev–Trinajstić information content (AvgIpc) is 2.95. The molecule has 0 atom stereocenters. The van der Waals surface area contributed by atoms with Crippen molar-refractivity contribution in [3.8, 4) is 6.07 Å². The zero-order valence-corrected chi connectivity index (χ0v) is 13.9. The minimum Gasteiger partial charge on any atom is -0.281 e. The maximum absolute atomic E-state index is 9.71. The van der Waals surface area contributed by atoms with Gasteiger partial charge >= 0.3 is 0 Å². The number of pyridine rings is 1. The summed E-state index contributed by atoms with van der Waals surface area (Å²) in [5, 5.41) is 10.4. The second-order valence-electron chi connectivity index (χ2n) is 6.41. The Morgan fingerprint density at radius 1 is 1.22 bits per heavy atom. The van der Waals surface area contributed by atoms with Gasteiger partial charge in [-0.05, 0) is 48.9 Å². The molecule has 0 saturated heterocycles. The topological polar surface area (TPSA) is 41.1 Å². The molecule has 0 N–H and O–H groups in total. The molecule has 0 spiro atoms. The number of aromatic nitrogens is 2. The summed E-state index contributed by atoms with van der Waals surface area (Å²) in [5.41, 5.74) is 5.35. The summed E-state index contributed by atoms with van der Waals surface area (Å²) in [6.07, 6.45) is 6.09. The number of hydrogen-bond acceptors (Lipinski definition) is 2. The summed E-state index contributed by atoms with van der Waals surface area (Å²) >= 11 is 6.84. The smallest absolute Gasteiger partial charge is 0.157 e. The number of fused-ring (bicyclic) bond motifs is 3. The van der Waals surface area contributed by atoms with E-state index in [9.17, 15) is 5.26 Å². The van der Waals surface area contributed by atoms with Crippen LogP contribution in [0.5, 0.6) is 0 Å². The predicted molar refractivity (Wildman–Crippen MR) is 93.0 cm³/mol. The third kappa shape index (κ3) is 2.13. The predicted octanol–water partition coefficient (Wildman–Crippen LogP) is 5.37. The van der Waals surface area contributed by atoms with Crippen molar-refractivity contribution in [2.24, 2.45) is 0 Å². The van der Waals surface area contributed by atoms with Gasteiger partial charge in [-0.2, -0.15) is 5.26 Å². The number of rotatable bonds is 1. The van der Waals surface area contributed by atoms with Crippen molar-refractivity contribution in [3.05, 3.63) is 46.1 Å². The van der Waals surface area contributed by atoms with Gasteiger partial charge < -0.3 is 0 Å². The molecular formula is C19H18ClN3. The molecule has 1 aliphatic carbocycles. The molecule has 1 saturated carbocycles. The van der Waals surface area contributed by atoms with E-state index in [2.05, 4.69) is 11.1 Å². The number of para-hydroxylation sites is 2. The Bertz CT molecular complexity index is 943. The molecule has 116 valence electrons. The Morgan fingerprint density at radius 3 is 2.70 bits per heavy atom. The van der Waals surface area contributed by atoms with Crippen molar-refractivity contribution >= 4 is 28.3 Å². The van der Waals surface area contributed by atoms with E-state index in [-0.39, 0.29) is 0 Å². The standard InChI is InChI=1S/C19H18ClN3/c1-12-14(11-21)19-22-15-9-5-6-10-16(15)23(19)18(20)17(12)13-7-3-2-4-8-13/h5-6,9-10,13H,2-4,7-8H2,1H3. The van der Waals surface area contributed by atoms with Crippen LogP contribution in [-0.2, 0) is 0 Å². The zero-order chi connectivity index (χ0) is 16.0. The molecule has 0 unspecified atom stereocenters. The average molecular weight is 324 g/mol. The highest BCUT2D eigenvalue weighted by Gasteiger charge is 2.26. The van der Waals surface area contributed by atoms with Crippen LogP contribution < -0.4 is 0 Å². The van der Waals surface area contributed by atoms with Crippen LogP contribution in [0.1, 0.15) is 54.7 Å². The summed E-state index contributed by atoms with van der Waals surface area (Å²) in [7, 11) is 0. The molecule has 1 aliphatic rings. The molecule has 4 heteroatoms. The third-order valence-corrected chi connectivity index (χ3v) is 5.48. The second-order valence-corrected chi connectivity index (χ2v) is 6.77. The maximum atomic E-state index is 9.71. The molecule has 1 fully saturated rings. The number of nitrogens with zero attached hydrogens (tertiary/aromatic N) is 3. The first-order valence-electron chi connectivity index (χ1n) is 8.21. The SMILES string of the molecule is Cc1c(C2CCCCC2)c(Cl)n2c(nc3ccccc32)c1C#N. The van der Waals surface area contributed by atoms with Crippen molar-refractivity contribution < 1.29 is 0 Å². The van der Waals surface area contributed by atoms with Crippen LogP contribution in [0.4, 0.5) is 0 Å². The van der Waals surface area contributed by atoms with Crippen LogP contribution in [0.15, 0.2) is 24.3 Å². The minimum absolute atomic E-state index is 0.453. The fraction of sp³-hybridized carbons (Fsp3) is 0.368. The van der Waals surface area contributed by atoms with E-state index in [4.69, 9.17) is 11.6 Å². The first-order valence-corrected chi connectivity index (χ1v) is 8.59. The van der Waals surface area contributed by atoms with Gasteiger partial charge in [-0.25, -0.2) is 4.98 Å². The largest absolute Gasteiger partial charge is 0.281 e. The van der Waals surface area contributed by atoms with E-state index in [0.29, 0.717) is 17.1 Å². The summed E-state index contributed by atoms with van der Waals surface area (Å²) < 4.78 is 1.96. The molecule has 2 aromatic heterocycles. The fourth-order valence-electron chi connectivity index (χ4n) is 3.97. The molecule has 3 nitrogen and oxygen atoms in total. The van der Waals surface area contributed by atoms with Crippen molar-refractivity contribution in [2.45, 2.75) is 44.9 Å². The Morgan fingerprint density at radius 2 is 1.96 bits per heavy atom. The zero-order valence-electron chi connectivity index (χ0n) is 13.1. The number of nitriles is 1. The van der Waals surface area contributed by atoms with E-state index in [1.54, 1.807) is 0 Å². The van der Waals surface area contributed by atoms with Gasteiger partial charge in [0.2, 0.25) is 0 Å². The van der Waals surface area contributed by atoms with Gasteiger partial charge in [0, 0.05) is 0 Å². The molecule has 1 aromatic carbocycles. The summed E-state index contributed by atoms with van der Waals surface area (Å²) in [6.45, 7) is 2.02. The number of hydrogen-bond donors (Lipinski definition) is 0. The quantitative estimate of drug-likeness (QED) is 0.565. The highest BCUT2D eigenvalue weighted by atomic mass is 35.5. The van der Waals surface area contributed by atoms with E-state index < -0.39 is 0 Å². The molecule has 0 amide bonds. The highest BCUT2D eigenvalue weighted by Crippen LogP contribution is 2.40. The van der Waals surface area contributed by atoms with Crippen LogP contribution in [0.2, 0.25) is 5.15 Å². The Kier molecular flexibility index (Phi) is 3.50. The van der Waals surface area contributed by atoms with Gasteiger partial charge in [0.15, 0.2) is 5.65 Å². The molecule has 2 heterocycles. The van der Waals surface area contributed by atoms with Gasteiger partial charge in [-0.1, -0.05) is 43.0 Å². The van der Waals surface area contributed by atoms with Crippen LogP contribution in [0.3, 0.4) is 0 Å². The van der Waals surface area contributed by atoms with E-state index in [1.807, 2.05) is 35.6 Å². The molecule has 0 radical (unpaired) electrons. The maximum Gasteiger partial charge on any atom is 0.157 e. The first kappa shape index (κ1) is 14.5. The normalized spacial score (nSPS) is 16.0. The Hall–Kier alpha value is -2.05. The lowest BCUT2D eigenvalue weighted by Gasteiger charge is -2.25. The third-order valence-electron chi connectivity index (χ3n) is 5.11. The molecule has 23 heavy (non-hydrogen) atoms. The van der Waals surface area contributed by atoms with E-state index >= 15 is 0 Å². The Labute approximate surface area is 140 Å². The highest BCUT2D eigenvalue weighted by molar-refractivity contribution is 6.31. The van der Waals surface area contributed by atoms with Crippen LogP contribution in [-0.4, -0.2) is 9.38 Å². The Balaban J connectivity index is 2.11. The van der Waals surface area contributed by atoms with Crippen molar-refractivity contribution in [3.63, 3.8) is 0 Å². The molecular weight excluding hydrogens is 306 g/mol. The number of benzene rings is 1. The van der Waals surface area contributed by atoms with Crippen LogP contribution in [0, 0.1) is 18.3 Å². The first-order chi connectivity index (χ1) is 11.2. The van der Waals surface area contributed by atoms with Crippen molar-refractivity contribution in [1.29, 1.82) is 5.26 Å². The lowest BCUT2D eigenvalue weighted by Crippen LogP contribution is -2.11. The summed E-state index contributed by atoms with van der Waals surface area (Å²) in [6, 6.07) is 10.3. The van der Waals surface area contributed by atoms with E-state index in [1.165, 1.54) is 19.3 Å². The van der Waals surface area contributed by atoms with E-state index in [0.717, 1.165) is 40.2 Å². The van der Waals surface area contributed by atoms with Gasteiger partial charge in [0.1, 0.15) is 11.2 Å². The van der Waals surface area contributed by atoms with Crippen LogP contribution >= 0.6 is 11.6 Å². The molecule has 4 rings (SSSR count). The van der Waals surface area contributed by atoms with Crippen molar-refractivity contribution in [1.82, 2.24) is 9.38 Å². The van der Waals surface area contributed by atoms with Crippen LogP contribution in [0.25, 0.3) is 16.7 Å². The number of imidazole rings is 1. The molecule has 3 aromatic rings. The monoisotopic (exact) mass is 323 g/mol. The van der Waals surface area contributed by atoms with Gasteiger partial charge in [0.05, 0.1) is 16.6 Å². The summed E-state index contributed by atoms with van der Waals surface area (Å²) in [5.74, 6) is 0.453. The lowest BCUT2D eigenvalue weighted by atomic mass is 9.82. The molecule has 0 bridgehead atoms. The fourth-order valence-corrected chi connectivity index (χ4v) is 4.44. The van der Waals surface area contributed by atoms with Crippen molar-refractivity contribution in [2.75, 3.05) is 0 Å². The van der Waals surface area contributed by atoms with Gasteiger partial charge in [0.25, 0.3) is 0 Å². The molecule has 0 aliphatic heterocycles. The van der Waals surface area contributed by atoms with Gasteiger partial charge in [-0.15, -0.1) is 0 Å².